The van der Waals surface area contributed by atoms with Crippen molar-refractivity contribution in [2.24, 2.45) is 0 Å². The Kier molecular flexibility index (Phi) is 2.57. The number of nitrogens with zero attached hydrogens (tertiary/aromatic N) is 4. The van der Waals surface area contributed by atoms with Crippen LogP contribution in [-0.2, 0) is 0 Å². The van der Waals surface area contributed by atoms with E-state index in [4.69, 9.17) is 16.7 Å². The van der Waals surface area contributed by atoms with Crippen LogP contribution < -0.4 is 0 Å². The number of aromatic carboxylic acids is 1. The van der Waals surface area contributed by atoms with E-state index in [0.29, 0.717) is 11.5 Å². The normalized spacial score (nSPS) is 10.4. The van der Waals surface area contributed by atoms with Gasteiger partial charge in [-0.3, -0.25) is 0 Å². The van der Waals surface area contributed by atoms with Crippen molar-refractivity contribution in [1.29, 1.82) is 0 Å². The second-order valence-corrected chi connectivity index (χ2v) is 3.47. The number of carbonyl (C=O) groups is 1. The summed E-state index contributed by atoms with van der Waals surface area (Å²) in [6.45, 7) is 1.75. The molecule has 6 nitrogen and oxygen atoms in total. The maximum Gasteiger partial charge on any atom is 0.356 e. The van der Waals surface area contributed by atoms with Crippen molar-refractivity contribution >= 4 is 17.6 Å². The first-order valence-electron chi connectivity index (χ1n) is 4.35. The molecule has 7 heteroatoms. The van der Waals surface area contributed by atoms with E-state index in [1.807, 2.05) is 0 Å². The van der Waals surface area contributed by atoms with E-state index in [0.717, 1.165) is 0 Å². The number of carboxylic acids is 1. The summed E-state index contributed by atoms with van der Waals surface area (Å²) in [7, 11) is 0. The summed E-state index contributed by atoms with van der Waals surface area (Å²) in [5.41, 5.74) is 0.387. The first kappa shape index (κ1) is 10.6. The van der Waals surface area contributed by atoms with Gasteiger partial charge in [0.2, 0.25) is 0 Å². The highest BCUT2D eigenvalue weighted by Crippen LogP contribution is 2.17. The molecular formula is C9H7ClN4O2. The summed E-state index contributed by atoms with van der Waals surface area (Å²) < 4.78 is 1.47. The molecule has 0 amide bonds. The first-order valence-corrected chi connectivity index (χ1v) is 4.73. The highest BCUT2D eigenvalue weighted by atomic mass is 35.5. The van der Waals surface area contributed by atoms with Gasteiger partial charge in [-0.25, -0.2) is 19.4 Å². The minimum Gasteiger partial charge on any atom is -0.476 e. The van der Waals surface area contributed by atoms with E-state index in [1.165, 1.54) is 23.3 Å². The number of aromatic nitrogens is 4. The van der Waals surface area contributed by atoms with Gasteiger partial charge in [0.05, 0.1) is 16.9 Å². The Balaban J connectivity index is 2.45. The van der Waals surface area contributed by atoms with Crippen LogP contribution in [0.15, 0.2) is 18.6 Å². The van der Waals surface area contributed by atoms with Crippen LogP contribution in [0.3, 0.4) is 0 Å². The van der Waals surface area contributed by atoms with Crippen molar-refractivity contribution in [2.75, 3.05) is 0 Å². The van der Waals surface area contributed by atoms with Gasteiger partial charge in [-0.1, -0.05) is 11.6 Å². The number of hydrogen-bond acceptors (Lipinski definition) is 4. The van der Waals surface area contributed by atoms with Gasteiger partial charge in [-0.15, -0.1) is 0 Å². The van der Waals surface area contributed by atoms with Crippen LogP contribution in [0.4, 0.5) is 0 Å². The Bertz CT molecular complexity index is 552. The Labute approximate surface area is 95.5 Å². The van der Waals surface area contributed by atoms with E-state index in [9.17, 15) is 4.79 Å². The highest BCUT2D eigenvalue weighted by molar-refractivity contribution is 6.33. The zero-order chi connectivity index (χ0) is 11.7. The summed E-state index contributed by atoms with van der Waals surface area (Å²) in [6.07, 6.45) is 2.88. The number of carboxylic acid groups (broad SMARTS) is 1. The molecule has 2 rings (SSSR count). The molecule has 16 heavy (non-hydrogen) atoms. The van der Waals surface area contributed by atoms with Crippen LogP contribution in [0.1, 0.15) is 16.3 Å². The average Bonchev–Trinajstić information content (AvgIpc) is 2.64. The Morgan fingerprint density at radius 1 is 1.50 bits per heavy atom. The molecule has 2 aromatic rings. The van der Waals surface area contributed by atoms with Gasteiger partial charge in [0, 0.05) is 0 Å². The highest BCUT2D eigenvalue weighted by Gasteiger charge is 2.11. The SMILES string of the molecule is Cc1ncn(-c2cnc(C(=O)O)c(Cl)c2)n1. The lowest BCUT2D eigenvalue weighted by atomic mass is 10.3. The third-order valence-electron chi connectivity index (χ3n) is 1.90. The van der Waals surface area contributed by atoms with Crippen molar-refractivity contribution in [2.45, 2.75) is 6.92 Å². The molecule has 2 aromatic heterocycles. The van der Waals surface area contributed by atoms with Gasteiger partial charge in [0.15, 0.2) is 5.69 Å². The number of hydrogen-bond donors (Lipinski definition) is 1. The monoisotopic (exact) mass is 238 g/mol. The van der Waals surface area contributed by atoms with Crippen LogP contribution >= 0.6 is 11.6 Å². The van der Waals surface area contributed by atoms with Gasteiger partial charge in [-0.05, 0) is 13.0 Å². The van der Waals surface area contributed by atoms with Crippen molar-refractivity contribution in [3.63, 3.8) is 0 Å². The summed E-state index contributed by atoms with van der Waals surface area (Å²) in [5.74, 6) is -0.551. The third kappa shape index (κ3) is 1.87. The standard InChI is InChI=1S/C9H7ClN4O2/c1-5-12-4-14(13-5)6-2-7(10)8(9(15)16)11-3-6/h2-4H,1H3,(H,15,16). The van der Waals surface area contributed by atoms with Crippen molar-refractivity contribution < 1.29 is 9.90 Å². The fourth-order valence-corrected chi connectivity index (χ4v) is 1.42. The van der Waals surface area contributed by atoms with Crippen LogP contribution in [0.2, 0.25) is 5.02 Å². The fourth-order valence-electron chi connectivity index (χ4n) is 1.18. The molecule has 2 heterocycles. The van der Waals surface area contributed by atoms with Gasteiger partial charge in [0.25, 0.3) is 0 Å². The summed E-state index contributed by atoms with van der Waals surface area (Å²) in [4.78, 5) is 18.4. The van der Waals surface area contributed by atoms with Gasteiger partial charge in [-0.2, -0.15) is 5.10 Å². The number of halogens is 1. The quantitative estimate of drug-likeness (QED) is 0.853. The lowest BCUT2D eigenvalue weighted by Gasteiger charge is -2.02. The van der Waals surface area contributed by atoms with Crippen LogP contribution in [-0.4, -0.2) is 30.8 Å². The zero-order valence-electron chi connectivity index (χ0n) is 8.25. The first-order chi connectivity index (χ1) is 7.58. The molecule has 0 aliphatic heterocycles. The second kappa shape index (κ2) is 3.90. The van der Waals surface area contributed by atoms with E-state index >= 15 is 0 Å². The second-order valence-electron chi connectivity index (χ2n) is 3.07. The topological polar surface area (TPSA) is 80.9 Å². The van der Waals surface area contributed by atoms with E-state index < -0.39 is 5.97 Å². The molecule has 0 spiro atoms. The predicted octanol–water partition coefficient (Wildman–Crippen LogP) is 1.32. The van der Waals surface area contributed by atoms with Gasteiger partial charge in [0.1, 0.15) is 12.2 Å². The molecule has 0 unspecified atom stereocenters. The maximum absolute atomic E-state index is 10.7. The van der Waals surface area contributed by atoms with E-state index in [2.05, 4.69) is 15.1 Å². The third-order valence-corrected chi connectivity index (χ3v) is 2.19. The number of rotatable bonds is 2. The molecule has 0 aliphatic rings. The van der Waals surface area contributed by atoms with Crippen molar-refractivity contribution in [3.05, 3.63) is 35.1 Å². The van der Waals surface area contributed by atoms with Crippen molar-refractivity contribution in [1.82, 2.24) is 19.7 Å². The predicted molar refractivity (Wildman–Crippen MR) is 55.9 cm³/mol. The Hall–Kier alpha value is -1.95. The van der Waals surface area contributed by atoms with Crippen LogP contribution in [0.5, 0.6) is 0 Å². The number of aryl methyl sites for hydroxylation is 1. The molecule has 0 aliphatic carbocycles. The van der Waals surface area contributed by atoms with Gasteiger partial charge < -0.3 is 5.11 Å². The molecule has 0 radical (unpaired) electrons. The molecule has 0 bridgehead atoms. The molecule has 0 saturated carbocycles. The average molecular weight is 239 g/mol. The Morgan fingerprint density at radius 3 is 2.75 bits per heavy atom. The van der Waals surface area contributed by atoms with E-state index in [-0.39, 0.29) is 10.7 Å². The Morgan fingerprint density at radius 2 is 2.25 bits per heavy atom. The number of pyridine rings is 1. The minimum absolute atomic E-state index is 0.0677. The lowest BCUT2D eigenvalue weighted by molar-refractivity contribution is 0.0690. The molecule has 0 saturated heterocycles. The summed E-state index contributed by atoms with van der Waals surface area (Å²) >= 11 is 5.78. The van der Waals surface area contributed by atoms with Crippen LogP contribution in [0, 0.1) is 6.92 Å². The smallest absolute Gasteiger partial charge is 0.356 e. The summed E-state index contributed by atoms with van der Waals surface area (Å²) in [5, 5.41) is 12.9. The molecule has 0 fully saturated rings. The largest absolute Gasteiger partial charge is 0.476 e. The van der Waals surface area contributed by atoms with Gasteiger partial charge >= 0.3 is 5.97 Å². The van der Waals surface area contributed by atoms with Crippen molar-refractivity contribution in [3.8, 4) is 5.69 Å². The molecule has 0 atom stereocenters. The molecule has 0 aromatic carbocycles. The lowest BCUT2D eigenvalue weighted by Crippen LogP contribution is -2.03. The van der Waals surface area contributed by atoms with E-state index in [1.54, 1.807) is 6.92 Å². The zero-order valence-corrected chi connectivity index (χ0v) is 9.01. The van der Waals surface area contributed by atoms with Crippen LogP contribution in [0.25, 0.3) is 5.69 Å². The fraction of sp³-hybridized carbons (Fsp3) is 0.111. The minimum atomic E-state index is -1.16. The molecule has 1 N–H and O–H groups in total. The summed E-state index contributed by atoms with van der Waals surface area (Å²) in [6, 6.07) is 1.48. The molecule has 82 valence electrons. The molecular weight excluding hydrogens is 232 g/mol. The maximum atomic E-state index is 10.7.